The number of benzene rings is 3. The largest absolute Gasteiger partial charge is 0.465 e. The quantitative estimate of drug-likeness (QED) is 0.264. The van der Waals surface area contributed by atoms with Crippen LogP contribution in [0.3, 0.4) is 0 Å². The number of halogens is 4. The average Bonchev–Trinajstić information content (AvgIpc) is 3.38. The highest BCUT2D eigenvalue weighted by molar-refractivity contribution is 6.34. The maximum Gasteiger partial charge on any atom is 0.339 e. The van der Waals surface area contributed by atoms with Gasteiger partial charge in [0, 0.05) is 28.4 Å². The number of anilines is 2. The number of hydrogen-bond donors (Lipinski definition) is 3. The normalized spacial score (nSPS) is 23.0. The summed E-state index contributed by atoms with van der Waals surface area (Å²) in [6.07, 6.45) is 0.477. The Hall–Kier alpha value is -3.17. The molecule has 0 aromatic heterocycles. The van der Waals surface area contributed by atoms with E-state index < -0.39 is 41.1 Å². The van der Waals surface area contributed by atoms with Crippen LogP contribution in [0, 0.1) is 11.2 Å². The number of nitrogens with one attached hydrogen (secondary N) is 3. The summed E-state index contributed by atoms with van der Waals surface area (Å²) in [5, 5.41) is 9.58. The summed E-state index contributed by atoms with van der Waals surface area (Å²) >= 11 is 18.8. The topological polar surface area (TPSA) is 96.5 Å². The zero-order valence-corrected chi connectivity index (χ0v) is 25.5. The van der Waals surface area contributed by atoms with E-state index in [0.29, 0.717) is 28.4 Å². The van der Waals surface area contributed by atoms with E-state index in [0.717, 1.165) is 0 Å². The van der Waals surface area contributed by atoms with Crippen LogP contribution in [0.1, 0.15) is 54.6 Å². The van der Waals surface area contributed by atoms with Crippen LogP contribution < -0.4 is 16.0 Å². The van der Waals surface area contributed by atoms with Crippen LogP contribution in [0.4, 0.5) is 15.8 Å². The van der Waals surface area contributed by atoms with Crippen LogP contribution in [-0.4, -0.2) is 37.0 Å². The van der Waals surface area contributed by atoms with Crippen molar-refractivity contribution in [2.75, 3.05) is 17.7 Å². The molecule has 11 heteroatoms. The van der Waals surface area contributed by atoms with Crippen molar-refractivity contribution >= 4 is 64.0 Å². The summed E-state index contributed by atoms with van der Waals surface area (Å²) in [5.74, 6) is -3.22. The molecule has 7 nitrogen and oxygen atoms in total. The Balaban J connectivity index is 1.67. The molecule has 0 aliphatic carbocycles. The van der Waals surface area contributed by atoms with E-state index >= 15 is 4.39 Å². The van der Waals surface area contributed by atoms with Gasteiger partial charge < -0.3 is 20.7 Å². The van der Waals surface area contributed by atoms with E-state index in [9.17, 15) is 14.4 Å². The molecule has 2 amide bonds. The van der Waals surface area contributed by atoms with Crippen molar-refractivity contribution in [3.8, 4) is 0 Å². The van der Waals surface area contributed by atoms with Gasteiger partial charge >= 0.3 is 5.97 Å². The highest BCUT2D eigenvalue weighted by Gasteiger charge is 2.66. The Morgan fingerprint density at radius 2 is 1.79 bits per heavy atom. The van der Waals surface area contributed by atoms with Gasteiger partial charge in [0.1, 0.15) is 11.2 Å². The van der Waals surface area contributed by atoms with E-state index in [1.807, 2.05) is 20.8 Å². The van der Waals surface area contributed by atoms with Crippen LogP contribution in [0.5, 0.6) is 0 Å². The maximum atomic E-state index is 15.9. The molecule has 220 valence electrons. The van der Waals surface area contributed by atoms with Crippen LogP contribution in [0.2, 0.25) is 15.1 Å². The molecule has 1 unspecified atom stereocenters. The third kappa shape index (κ3) is 5.15. The second kappa shape index (κ2) is 11.2. The standard InChI is InChI=1S/C31H29Cl3FN3O4/c1-30(2,3)14-23-31(19-11-8-15(32)12-22(19)37-29(31)41)24(18-6-5-7-20(33)25(18)35)26(38-23)27(39)36-16-9-10-17(21(34)13-16)28(40)42-4/h5-13,23-24,26,38H,14H2,1-4H3,(H,36,39)(H,37,41)/t23-,24-,26+,31?/m0/s1. The lowest BCUT2D eigenvalue weighted by atomic mass is 9.62. The van der Waals surface area contributed by atoms with Gasteiger partial charge in [-0.1, -0.05) is 73.8 Å². The third-order valence-corrected chi connectivity index (χ3v) is 8.70. The minimum absolute atomic E-state index is 0.0829. The van der Waals surface area contributed by atoms with Crippen molar-refractivity contribution in [2.45, 2.75) is 50.6 Å². The lowest BCUT2D eigenvalue weighted by Gasteiger charge is -2.37. The minimum atomic E-state index is -1.38. The molecule has 4 atom stereocenters. The van der Waals surface area contributed by atoms with E-state index in [4.69, 9.17) is 39.5 Å². The van der Waals surface area contributed by atoms with Crippen LogP contribution >= 0.6 is 34.8 Å². The monoisotopic (exact) mass is 631 g/mol. The van der Waals surface area contributed by atoms with Crippen LogP contribution in [0.15, 0.2) is 54.6 Å². The molecule has 2 aliphatic rings. The lowest BCUT2D eigenvalue weighted by Crippen LogP contribution is -2.49. The smallest absolute Gasteiger partial charge is 0.339 e. The van der Waals surface area contributed by atoms with Gasteiger partial charge in [-0.25, -0.2) is 9.18 Å². The van der Waals surface area contributed by atoms with E-state index in [1.165, 1.54) is 31.4 Å². The second-order valence-electron chi connectivity index (χ2n) is 11.8. The van der Waals surface area contributed by atoms with E-state index in [1.54, 1.807) is 30.3 Å². The van der Waals surface area contributed by atoms with Crippen molar-refractivity contribution in [3.63, 3.8) is 0 Å². The Bertz CT molecular complexity index is 1610. The van der Waals surface area contributed by atoms with Crippen LogP contribution in [-0.2, 0) is 19.7 Å². The van der Waals surface area contributed by atoms with Crippen molar-refractivity contribution < 1.29 is 23.5 Å². The van der Waals surface area contributed by atoms with Gasteiger partial charge in [-0.2, -0.15) is 0 Å². The Kier molecular flexibility index (Phi) is 8.04. The first-order valence-electron chi connectivity index (χ1n) is 13.3. The molecule has 2 aliphatic heterocycles. The molecule has 42 heavy (non-hydrogen) atoms. The summed E-state index contributed by atoms with van der Waals surface area (Å²) in [4.78, 5) is 40.3. The first-order chi connectivity index (χ1) is 19.8. The average molecular weight is 633 g/mol. The molecule has 5 rings (SSSR count). The van der Waals surface area contributed by atoms with Gasteiger partial charge in [-0.05, 0) is 59.4 Å². The molecule has 3 aromatic carbocycles. The number of hydrogen-bond acceptors (Lipinski definition) is 5. The fourth-order valence-corrected chi connectivity index (χ4v) is 6.85. The molecule has 3 aromatic rings. The highest BCUT2D eigenvalue weighted by atomic mass is 35.5. The van der Waals surface area contributed by atoms with Gasteiger partial charge in [0.2, 0.25) is 11.8 Å². The van der Waals surface area contributed by atoms with Gasteiger partial charge in [0.05, 0.1) is 28.8 Å². The molecule has 0 saturated carbocycles. The summed E-state index contributed by atoms with van der Waals surface area (Å²) < 4.78 is 20.6. The first-order valence-corrected chi connectivity index (χ1v) is 14.4. The summed E-state index contributed by atoms with van der Waals surface area (Å²) in [7, 11) is 1.24. The van der Waals surface area contributed by atoms with Crippen molar-refractivity contribution in [1.82, 2.24) is 5.32 Å². The predicted octanol–water partition coefficient (Wildman–Crippen LogP) is 6.96. The second-order valence-corrected chi connectivity index (χ2v) is 13.0. The SMILES string of the molecule is COC(=O)c1ccc(NC(=O)[C@@H]2N[C@@H](CC(C)(C)C)C3(C(=O)Nc4cc(Cl)ccc43)[C@H]2c2cccc(Cl)c2F)cc1Cl. The predicted molar refractivity (Wildman–Crippen MR) is 162 cm³/mol. The molecule has 1 saturated heterocycles. The lowest BCUT2D eigenvalue weighted by molar-refractivity contribution is -0.122. The highest BCUT2D eigenvalue weighted by Crippen LogP contribution is 2.57. The minimum Gasteiger partial charge on any atom is -0.465 e. The number of amides is 2. The molecular formula is C31H29Cl3FN3O4. The van der Waals surface area contributed by atoms with Gasteiger partial charge in [0.25, 0.3) is 0 Å². The Morgan fingerprint density at radius 3 is 2.45 bits per heavy atom. The number of carbonyl (C=O) groups is 3. The molecule has 3 N–H and O–H groups in total. The van der Waals surface area contributed by atoms with Crippen molar-refractivity contribution in [2.24, 2.45) is 5.41 Å². The fourth-order valence-electron chi connectivity index (χ4n) is 6.24. The Morgan fingerprint density at radius 1 is 1.05 bits per heavy atom. The molecule has 0 bridgehead atoms. The van der Waals surface area contributed by atoms with Gasteiger partial charge in [-0.3, -0.25) is 9.59 Å². The molecular weight excluding hydrogens is 604 g/mol. The van der Waals surface area contributed by atoms with E-state index in [-0.39, 0.29) is 32.5 Å². The zero-order valence-electron chi connectivity index (χ0n) is 23.3. The fraction of sp³-hybridized carbons (Fsp3) is 0.323. The van der Waals surface area contributed by atoms with E-state index in [2.05, 4.69) is 16.0 Å². The van der Waals surface area contributed by atoms with Crippen molar-refractivity contribution in [1.29, 1.82) is 0 Å². The molecule has 1 spiro atoms. The third-order valence-electron chi connectivity index (χ3n) is 7.86. The number of esters is 1. The Labute approximate surface area is 258 Å². The van der Waals surface area contributed by atoms with Gasteiger partial charge in [-0.15, -0.1) is 0 Å². The molecule has 1 fully saturated rings. The van der Waals surface area contributed by atoms with Gasteiger partial charge in [0.15, 0.2) is 0 Å². The molecule has 0 radical (unpaired) electrons. The summed E-state index contributed by atoms with van der Waals surface area (Å²) in [5.41, 5.74) is 0.0327. The summed E-state index contributed by atoms with van der Waals surface area (Å²) in [6.45, 7) is 6.10. The summed E-state index contributed by atoms with van der Waals surface area (Å²) in [6, 6.07) is 12.4. The number of rotatable bonds is 5. The van der Waals surface area contributed by atoms with Crippen molar-refractivity contribution in [3.05, 3.63) is 92.2 Å². The number of fused-ring (bicyclic) bond motifs is 2. The number of carbonyl (C=O) groups excluding carboxylic acids is 3. The maximum absolute atomic E-state index is 15.9. The van der Waals surface area contributed by atoms with Crippen LogP contribution in [0.25, 0.3) is 0 Å². The zero-order chi connectivity index (χ0) is 30.6. The number of methoxy groups -OCH3 is 1. The molecule has 2 heterocycles. The number of ether oxygens (including phenoxy) is 1. The first kappa shape index (κ1) is 30.3.